The van der Waals surface area contributed by atoms with Crippen molar-refractivity contribution in [1.29, 1.82) is 5.26 Å². The third-order valence-corrected chi connectivity index (χ3v) is 9.58. The maximum absolute atomic E-state index is 10.5. The number of aromatic nitrogens is 2. The Kier molecular flexibility index (Phi) is 5.32. The first-order chi connectivity index (χ1) is 23.3. The van der Waals surface area contributed by atoms with E-state index in [9.17, 15) is 5.26 Å². The van der Waals surface area contributed by atoms with Gasteiger partial charge in [0, 0.05) is 38.0 Å². The van der Waals surface area contributed by atoms with Crippen molar-refractivity contribution < 1.29 is 4.42 Å². The second-order valence-electron chi connectivity index (χ2n) is 12.0. The zero-order valence-corrected chi connectivity index (χ0v) is 25.2. The number of fused-ring (bicyclic) bond motifs is 10. The first kappa shape index (κ1) is 25.7. The van der Waals surface area contributed by atoms with Crippen LogP contribution in [-0.2, 0) is 0 Å². The van der Waals surface area contributed by atoms with Crippen molar-refractivity contribution >= 4 is 65.6 Å². The maximum Gasteiger partial charge on any atom is 0.160 e. The number of hydrogen-bond donors (Lipinski definition) is 0. The zero-order valence-electron chi connectivity index (χ0n) is 25.2. The summed E-state index contributed by atoms with van der Waals surface area (Å²) in [6, 6.07) is 55.3. The summed E-state index contributed by atoms with van der Waals surface area (Å²) in [5.74, 6) is 0. The van der Waals surface area contributed by atoms with Gasteiger partial charge in [-0.15, -0.1) is 0 Å². The average molecular weight is 600 g/mol. The lowest BCUT2D eigenvalue weighted by atomic mass is 10.0. The Morgan fingerprint density at radius 3 is 1.70 bits per heavy atom. The fraction of sp³-hybridized carbons (Fsp3) is 0. The van der Waals surface area contributed by atoms with Crippen molar-refractivity contribution in [2.75, 3.05) is 0 Å². The van der Waals surface area contributed by atoms with E-state index in [1.807, 2.05) is 30.3 Å². The Morgan fingerprint density at radius 2 is 1.02 bits per heavy atom. The van der Waals surface area contributed by atoms with Crippen LogP contribution in [0.1, 0.15) is 5.56 Å². The largest absolute Gasteiger partial charge is 0.454 e. The highest BCUT2D eigenvalue weighted by atomic mass is 16.3. The van der Waals surface area contributed by atoms with Gasteiger partial charge in [0.25, 0.3) is 0 Å². The molecule has 3 heterocycles. The number of rotatable bonds is 3. The van der Waals surface area contributed by atoms with E-state index in [0.29, 0.717) is 5.56 Å². The molecule has 0 spiro atoms. The van der Waals surface area contributed by atoms with E-state index < -0.39 is 0 Å². The third kappa shape index (κ3) is 3.63. The Balaban J connectivity index is 1.14. The molecule has 10 rings (SSSR count). The first-order valence-electron chi connectivity index (χ1n) is 15.8. The summed E-state index contributed by atoms with van der Waals surface area (Å²) >= 11 is 0. The zero-order chi connectivity index (χ0) is 31.1. The van der Waals surface area contributed by atoms with Crippen LogP contribution < -0.4 is 0 Å². The van der Waals surface area contributed by atoms with E-state index in [4.69, 9.17) is 4.42 Å². The van der Waals surface area contributed by atoms with Crippen molar-refractivity contribution in [3.8, 4) is 28.6 Å². The lowest BCUT2D eigenvalue weighted by molar-refractivity contribution is 0.671. The molecule has 0 aliphatic heterocycles. The molecule has 0 unspecified atom stereocenters. The van der Waals surface area contributed by atoms with Crippen molar-refractivity contribution in [2.24, 2.45) is 0 Å². The summed E-state index contributed by atoms with van der Waals surface area (Å²) in [6.07, 6.45) is 0. The van der Waals surface area contributed by atoms with Gasteiger partial charge >= 0.3 is 0 Å². The molecule has 0 aliphatic rings. The number of nitriles is 1. The van der Waals surface area contributed by atoms with Crippen LogP contribution >= 0.6 is 0 Å². The number of hydrogen-bond acceptors (Lipinski definition) is 2. The quantitative estimate of drug-likeness (QED) is 0.203. The van der Waals surface area contributed by atoms with Gasteiger partial charge in [0.05, 0.1) is 33.3 Å². The predicted octanol–water partition coefficient (Wildman–Crippen LogP) is 11.3. The van der Waals surface area contributed by atoms with Crippen LogP contribution in [-0.4, -0.2) is 9.13 Å². The van der Waals surface area contributed by atoms with E-state index in [1.54, 1.807) is 0 Å². The van der Waals surface area contributed by atoms with Crippen LogP contribution in [0.5, 0.6) is 0 Å². The smallest absolute Gasteiger partial charge is 0.160 e. The minimum absolute atomic E-state index is 0.602. The predicted molar refractivity (Wildman–Crippen MR) is 193 cm³/mol. The summed E-state index contributed by atoms with van der Waals surface area (Å²) in [5, 5.41) is 17.4. The lowest BCUT2D eigenvalue weighted by Gasteiger charge is -2.13. The van der Waals surface area contributed by atoms with Crippen LogP contribution in [0.3, 0.4) is 0 Å². The van der Waals surface area contributed by atoms with Crippen molar-refractivity contribution in [1.82, 2.24) is 9.13 Å². The molecule has 0 radical (unpaired) electrons. The first-order valence-corrected chi connectivity index (χ1v) is 15.8. The standard InChI is InChI=1S/C43H25N3O/c44-26-29-25-28(27-17-20-30(21-18-27)45-38-13-5-1-9-31(38)32-10-2-6-14-39(32)45)19-24-37(29)46-40-15-7-3-11-33(40)35-22-23-36-34-12-4-8-16-41(34)47-43(36)42(35)46/h1-25H. The van der Waals surface area contributed by atoms with Gasteiger partial charge in [-0.3, -0.25) is 0 Å². The summed E-state index contributed by atoms with van der Waals surface area (Å²) in [6.45, 7) is 0. The Morgan fingerprint density at radius 1 is 0.468 bits per heavy atom. The molecular weight excluding hydrogens is 574 g/mol. The molecule has 3 aromatic heterocycles. The molecule has 47 heavy (non-hydrogen) atoms. The molecule has 0 bridgehead atoms. The summed E-state index contributed by atoms with van der Waals surface area (Å²) in [4.78, 5) is 0. The fourth-order valence-corrected chi connectivity index (χ4v) is 7.48. The van der Waals surface area contributed by atoms with E-state index >= 15 is 0 Å². The Bertz CT molecular complexity index is 2860. The van der Waals surface area contributed by atoms with Crippen LogP contribution in [0.15, 0.2) is 156 Å². The van der Waals surface area contributed by atoms with E-state index in [1.165, 1.54) is 21.8 Å². The van der Waals surface area contributed by atoms with Crippen molar-refractivity contribution in [3.63, 3.8) is 0 Å². The SMILES string of the molecule is N#Cc1cc(-c2ccc(-n3c4ccccc4c4ccccc43)cc2)ccc1-n1c2ccccc2c2ccc3c4ccccc4oc3c21. The van der Waals surface area contributed by atoms with Gasteiger partial charge in [0.1, 0.15) is 11.7 Å². The highest BCUT2D eigenvalue weighted by Crippen LogP contribution is 2.41. The van der Waals surface area contributed by atoms with Gasteiger partial charge in [-0.25, -0.2) is 0 Å². The second kappa shape index (κ2) is 9.71. The molecule has 0 atom stereocenters. The minimum atomic E-state index is 0.602. The van der Waals surface area contributed by atoms with E-state index in [2.05, 4.69) is 137 Å². The van der Waals surface area contributed by atoms with Crippen molar-refractivity contribution in [3.05, 3.63) is 157 Å². The summed E-state index contributed by atoms with van der Waals surface area (Å²) < 4.78 is 11.0. The summed E-state index contributed by atoms with van der Waals surface area (Å²) in [5.41, 5.74) is 10.6. The molecule has 0 fully saturated rings. The highest BCUT2D eigenvalue weighted by Gasteiger charge is 2.20. The number of para-hydroxylation sites is 4. The van der Waals surface area contributed by atoms with Crippen LogP contribution in [0.2, 0.25) is 0 Å². The minimum Gasteiger partial charge on any atom is -0.454 e. The molecule has 0 saturated carbocycles. The van der Waals surface area contributed by atoms with Gasteiger partial charge < -0.3 is 13.6 Å². The van der Waals surface area contributed by atoms with Crippen LogP contribution in [0.25, 0.3) is 88.1 Å². The average Bonchev–Trinajstić information content (AvgIpc) is 3.79. The highest BCUT2D eigenvalue weighted by molar-refractivity contribution is 6.21. The van der Waals surface area contributed by atoms with Gasteiger partial charge in [0.15, 0.2) is 5.58 Å². The molecule has 0 saturated heterocycles. The van der Waals surface area contributed by atoms with Crippen LogP contribution in [0, 0.1) is 11.3 Å². The van der Waals surface area contributed by atoms with Gasteiger partial charge in [-0.1, -0.05) is 97.1 Å². The molecule has 4 nitrogen and oxygen atoms in total. The van der Waals surface area contributed by atoms with Gasteiger partial charge in [-0.05, 0) is 65.7 Å². The summed E-state index contributed by atoms with van der Waals surface area (Å²) in [7, 11) is 0. The Labute approximate surface area is 269 Å². The lowest BCUT2D eigenvalue weighted by Crippen LogP contribution is -1.98. The van der Waals surface area contributed by atoms with Crippen molar-refractivity contribution in [2.45, 2.75) is 0 Å². The molecule has 4 heteroatoms. The van der Waals surface area contributed by atoms with Gasteiger partial charge in [-0.2, -0.15) is 5.26 Å². The fourth-order valence-electron chi connectivity index (χ4n) is 7.48. The van der Waals surface area contributed by atoms with Crippen LogP contribution in [0.4, 0.5) is 0 Å². The molecule has 0 N–H and O–H groups in total. The normalized spacial score (nSPS) is 11.8. The maximum atomic E-state index is 10.5. The number of benzene rings is 7. The van der Waals surface area contributed by atoms with E-state index in [-0.39, 0.29) is 0 Å². The molecule has 218 valence electrons. The van der Waals surface area contributed by atoms with E-state index in [0.717, 1.165) is 66.2 Å². The topological polar surface area (TPSA) is 46.8 Å². The molecule has 0 aliphatic carbocycles. The Hall–Kier alpha value is -6.57. The monoisotopic (exact) mass is 599 g/mol. The molecular formula is C43H25N3O. The number of nitrogens with zero attached hydrogens (tertiary/aromatic N) is 3. The molecule has 0 amide bonds. The molecule has 10 aromatic rings. The van der Waals surface area contributed by atoms with Gasteiger partial charge in [0.2, 0.25) is 0 Å². The number of furan rings is 1. The third-order valence-electron chi connectivity index (χ3n) is 9.58. The molecule has 7 aromatic carbocycles. The second-order valence-corrected chi connectivity index (χ2v) is 12.0.